The zero-order chi connectivity index (χ0) is 25.0. The van der Waals surface area contributed by atoms with Crippen LogP contribution in [0, 0.1) is 0 Å². The van der Waals surface area contributed by atoms with Gasteiger partial charge in [0.1, 0.15) is 12.0 Å². The van der Waals surface area contributed by atoms with Crippen LogP contribution in [-0.2, 0) is 15.8 Å². The zero-order valence-corrected chi connectivity index (χ0v) is 19.5. The van der Waals surface area contributed by atoms with Gasteiger partial charge < -0.3 is 15.4 Å². The van der Waals surface area contributed by atoms with Gasteiger partial charge in [0, 0.05) is 17.5 Å². The van der Waals surface area contributed by atoms with Crippen molar-refractivity contribution in [3.63, 3.8) is 0 Å². The first kappa shape index (κ1) is 24.5. The molecule has 2 aromatic carbocycles. The molecule has 0 aliphatic heterocycles. The number of benzene rings is 2. The molecule has 0 radical (unpaired) electrons. The number of halogens is 3. The largest absolute Gasteiger partial charge is 0.416 e. The molecule has 12 heteroatoms. The molecule has 35 heavy (non-hydrogen) atoms. The smallest absolute Gasteiger partial charge is 0.321 e. The van der Waals surface area contributed by atoms with E-state index in [0.29, 0.717) is 27.9 Å². The average Bonchev–Trinajstić information content (AvgIpc) is 3.48. The molecular formula is C23H17F3N4O3S2. The van der Waals surface area contributed by atoms with E-state index in [-0.39, 0.29) is 29.4 Å². The second-order valence-corrected chi connectivity index (χ2v) is 9.19. The maximum absolute atomic E-state index is 13.1. The lowest BCUT2D eigenvalue weighted by atomic mass is 9.92. The van der Waals surface area contributed by atoms with Crippen molar-refractivity contribution in [2.75, 3.05) is 10.6 Å². The van der Waals surface area contributed by atoms with Gasteiger partial charge in [0.05, 0.1) is 27.2 Å². The van der Waals surface area contributed by atoms with Crippen molar-refractivity contribution >= 4 is 61.8 Å². The molecule has 0 spiro atoms. The molecule has 0 fully saturated rings. The maximum Gasteiger partial charge on any atom is 0.416 e. The minimum Gasteiger partial charge on any atom is -0.321 e. The van der Waals surface area contributed by atoms with Crippen molar-refractivity contribution in [3.8, 4) is 0 Å². The highest BCUT2D eigenvalue weighted by Gasteiger charge is 2.32. The molecule has 0 aliphatic rings. The van der Waals surface area contributed by atoms with Crippen molar-refractivity contribution in [2.24, 2.45) is 0 Å². The number of thiazole rings is 2. The van der Waals surface area contributed by atoms with Crippen LogP contribution in [0.1, 0.15) is 40.4 Å². The molecule has 0 saturated carbocycles. The molecule has 2 heterocycles. The van der Waals surface area contributed by atoms with Crippen molar-refractivity contribution < 1.29 is 27.6 Å². The fourth-order valence-corrected chi connectivity index (χ4v) is 4.82. The summed E-state index contributed by atoms with van der Waals surface area (Å²) in [6, 6.07) is 9.55. The van der Waals surface area contributed by atoms with Gasteiger partial charge >= 0.3 is 6.18 Å². The molecule has 4 rings (SSSR count). The lowest BCUT2D eigenvalue weighted by molar-refractivity contribution is -0.137. The SMILES string of the molecule is O=CCCC(C(=O)Nc1nc2ccc(NC(=O)c3cscn3)cc2s1)c1cccc(C(F)(F)F)c1. The minimum absolute atomic E-state index is 0.0101. The zero-order valence-electron chi connectivity index (χ0n) is 17.8. The van der Waals surface area contributed by atoms with Crippen molar-refractivity contribution in [1.29, 1.82) is 0 Å². The van der Waals surface area contributed by atoms with Crippen LogP contribution in [0.3, 0.4) is 0 Å². The van der Waals surface area contributed by atoms with Gasteiger partial charge in [-0.05, 0) is 36.2 Å². The number of hydrogen-bond acceptors (Lipinski definition) is 7. The number of nitrogens with one attached hydrogen (secondary N) is 2. The van der Waals surface area contributed by atoms with Crippen LogP contribution in [0.5, 0.6) is 0 Å². The topological polar surface area (TPSA) is 101 Å². The molecule has 0 aliphatic carbocycles. The first-order valence-corrected chi connectivity index (χ1v) is 12.0. The fraction of sp³-hybridized carbons (Fsp3) is 0.174. The summed E-state index contributed by atoms with van der Waals surface area (Å²) >= 11 is 2.45. The Morgan fingerprint density at radius 1 is 1.11 bits per heavy atom. The number of amides is 2. The Bertz CT molecular complexity index is 1370. The molecule has 2 amide bonds. The Balaban J connectivity index is 1.53. The van der Waals surface area contributed by atoms with E-state index in [2.05, 4.69) is 20.6 Å². The number of hydrogen-bond donors (Lipinski definition) is 2. The lowest BCUT2D eigenvalue weighted by Crippen LogP contribution is -2.22. The van der Waals surface area contributed by atoms with Gasteiger partial charge in [0.25, 0.3) is 5.91 Å². The predicted octanol–water partition coefficient (Wildman–Crippen LogP) is 5.73. The Hall–Kier alpha value is -3.64. The molecule has 1 atom stereocenters. The lowest BCUT2D eigenvalue weighted by Gasteiger charge is -2.17. The molecule has 1 unspecified atom stereocenters. The van der Waals surface area contributed by atoms with Gasteiger partial charge in [-0.1, -0.05) is 29.5 Å². The summed E-state index contributed by atoms with van der Waals surface area (Å²) in [6.07, 6.45) is -3.88. The van der Waals surface area contributed by atoms with E-state index < -0.39 is 23.6 Å². The molecule has 180 valence electrons. The Labute approximate surface area is 205 Å². The van der Waals surface area contributed by atoms with Crippen LogP contribution >= 0.6 is 22.7 Å². The summed E-state index contributed by atoms with van der Waals surface area (Å²) < 4.78 is 40.1. The maximum atomic E-state index is 13.1. The average molecular weight is 519 g/mol. The van der Waals surface area contributed by atoms with Crippen molar-refractivity contribution in [3.05, 3.63) is 70.2 Å². The van der Waals surface area contributed by atoms with Crippen LogP contribution in [0.15, 0.2) is 53.4 Å². The quantitative estimate of drug-likeness (QED) is 0.290. The third-order valence-electron chi connectivity index (χ3n) is 5.05. The predicted molar refractivity (Wildman–Crippen MR) is 128 cm³/mol. The summed E-state index contributed by atoms with van der Waals surface area (Å²) in [5.41, 5.74) is 2.23. The number of carbonyl (C=O) groups excluding carboxylic acids is 3. The van der Waals surface area contributed by atoms with Gasteiger partial charge in [0.15, 0.2) is 5.13 Å². The summed E-state index contributed by atoms with van der Waals surface area (Å²) in [5, 5.41) is 7.26. The Kier molecular flexibility index (Phi) is 7.22. The van der Waals surface area contributed by atoms with Gasteiger partial charge in [-0.3, -0.25) is 9.59 Å². The number of aromatic nitrogens is 2. The van der Waals surface area contributed by atoms with E-state index in [0.717, 1.165) is 23.5 Å². The van der Waals surface area contributed by atoms with E-state index in [1.54, 1.807) is 29.1 Å². The van der Waals surface area contributed by atoms with Crippen LogP contribution < -0.4 is 10.6 Å². The molecule has 7 nitrogen and oxygen atoms in total. The first-order valence-electron chi connectivity index (χ1n) is 10.3. The van der Waals surface area contributed by atoms with E-state index in [1.165, 1.54) is 23.5 Å². The molecule has 2 N–H and O–H groups in total. The van der Waals surface area contributed by atoms with Gasteiger partial charge in [0.2, 0.25) is 5.91 Å². The minimum atomic E-state index is -4.55. The number of fused-ring (bicyclic) bond motifs is 1. The highest BCUT2D eigenvalue weighted by atomic mass is 32.1. The monoisotopic (exact) mass is 518 g/mol. The fourth-order valence-electron chi connectivity index (χ4n) is 3.38. The normalized spacial score (nSPS) is 12.3. The molecule has 4 aromatic rings. The molecule has 0 bridgehead atoms. The number of rotatable bonds is 8. The van der Waals surface area contributed by atoms with Crippen LogP contribution in [0.4, 0.5) is 24.0 Å². The van der Waals surface area contributed by atoms with Gasteiger partial charge in [-0.2, -0.15) is 13.2 Å². The van der Waals surface area contributed by atoms with Crippen LogP contribution in [0.25, 0.3) is 10.2 Å². The number of nitrogens with zero attached hydrogens (tertiary/aromatic N) is 2. The third-order valence-corrected chi connectivity index (χ3v) is 6.57. The number of aldehydes is 1. The summed E-state index contributed by atoms with van der Waals surface area (Å²) in [7, 11) is 0. The van der Waals surface area contributed by atoms with Crippen molar-refractivity contribution in [1.82, 2.24) is 9.97 Å². The summed E-state index contributed by atoms with van der Waals surface area (Å²) in [5.74, 6) is -1.90. The van der Waals surface area contributed by atoms with E-state index in [1.807, 2.05) is 0 Å². The third kappa shape index (κ3) is 5.89. The van der Waals surface area contributed by atoms with E-state index in [4.69, 9.17) is 0 Å². The van der Waals surface area contributed by atoms with Crippen LogP contribution in [-0.4, -0.2) is 28.1 Å². The van der Waals surface area contributed by atoms with Gasteiger partial charge in [-0.25, -0.2) is 9.97 Å². The molecular weight excluding hydrogens is 501 g/mol. The summed E-state index contributed by atoms with van der Waals surface area (Å²) in [6.45, 7) is 0. The summed E-state index contributed by atoms with van der Waals surface area (Å²) in [4.78, 5) is 44.4. The van der Waals surface area contributed by atoms with E-state index in [9.17, 15) is 27.6 Å². The van der Waals surface area contributed by atoms with Crippen LogP contribution in [0.2, 0.25) is 0 Å². The Morgan fingerprint density at radius 2 is 1.94 bits per heavy atom. The second kappa shape index (κ2) is 10.3. The number of alkyl halides is 3. The number of anilines is 2. The van der Waals surface area contributed by atoms with E-state index >= 15 is 0 Å². The Morgan fingerprint density at radius 3 is 2.66 bits per heavy atom. The second-order valence-electron chi connectivity index (χ2n) is 7.44. The molecule has 0 saturated heterocycles. The first-order chi connectivity index (χ1) is 16.7. The van der Waals surface area contributed by atoms with Gasteiger partial charge in [-0.15, -0.1) is 11.3 Å². The highest BCUT2D eigenvalue weighted by molar-refractivity contribution is 7.22. The van der Waals surface area contributed by atoms with Crippen molar-refractivity contribution in [2.45, 2.75) is 24.9 Å². The standard InChI is InChI=1S/C23H17F3N4O3S2/c24-23(25,26)14-4-1-3-13(9-14)16(5-2-8-31)20(32)30-22-29-17-7-6-15(10-19(17)35-22)28-21(33)18-11-34-12-27-18/h1,3-4,6-12,16H,2,5H2,(H,28,33)(H,29,30,32). The molecule has 2 aromatic heterocycles. The highest BCUT2D eigenvalue weighted by Crippen LogP contribution is 2.34. The number of carbonyl (C=O) groups is 3.